The number of ether oxygens (including phenoxy) is 2. The number of nitrogens with one attached hydrogen (secondary N) is 3. The third kappa shape index (κ3) is 8.86. The highest BCUT2D eigenvalue weighted by molar-refractivity contribution is 5.73. The van der Waals surface area contributed by atoms with Crippen LogP contribution in [0.1, 0.15) is 37.5 Å². The number of rotatable bonds is 8. The van der Waals surface area contributed by atoms with Gasteiger partial charge in [-0.3, -0.25) is 0 Å². The molecule has 0 fully saturated rings. The summed E-state index contributed by atoms with van der Waals surface area (Å²) in [5.41, 5.74) is 2.30. The summed E-state index contributed by atoms with van der Waals surface area (Å²) >= 11 is 0. The molecular weight excluding hydrogens is 430 g/mol. The van der Waals surface area contributed by atoms with Gasteiger partial charge in [0.2, 0.25) is 0 Å². The monoisotopic (exact) mass is 461 g/mol. The molecule has 178 valence electrons. The first kappa shape index (κ1) is 24.6. The third-order valence-corrected chi connectivity index (χ3v) is 4.64. The van der Waals surface area contributed by atoms with Gasteiger partial charge in [0.25, 0.3) is 0 Å². The summed E-state index contributed by atoms with van der Waals surface area (Å²) in [6.45, 7) is 6.61. The van der Waals surface area contributed by atoms with Crippen molar-refractivity contribution in [3.63, 3.8) is 0 Å². The van der Waals surface area contributed by atoms with Crippen LogP contribution in [0.5, 0.6) is 11.5 Å². The Hall–Kier alpha value is -4.00. The molecule has 3 N–H and O–H groups in total. The van der Waals surface area contributed by atoms with Crippen molar-refractivity contribution in [3.8, 4) is 11.5 Å². The van der Waals surface area contributed by atoms with Gasteiger partial charge in [0.15, 0.2) is 0 Å². The van der Waals surface area contributed by atoms with Gasteiger partial charge >= 0.3 is 12.1 Å². The summed E-state index contributed by atoms with van der Waals surface area (Å²) in [7, 11) is 0. The number of carbonyl (C=O) groups excluding carboxylic acids is 2. The standard InChI is InChI=1S/C27H31N3O4/c1-27(2,3)34-26(32)30-18-21-14-12-20(13-15-21)17-28-25(31)29-19-22-8-7-11-24(16-22)33-23-9-5-4-6-10-23/h4-16H,17-19H2,1-3H3,(H,30,32)(H2,28,29,31). The zero-order valence-corrected chi connectivity index (χ0v) is 19.8. The molecule has 0 saturated carbocycles. The number of alkyl carbamates (subject to hydrolysis) is 1. The van der Waals surface area contributed by atoms with E-state index in [1.165, 1.54) is 0 Å². The van der Waals surface area contributed by atoms with Gasteiger partial charge in [-0.1, -0.05) is 54.6 Å². The van der Waals surface area contributed by atoms with Gasteiger partial charge in [0.05, 0.1) is 0 Å². The van der Waals surface area contributed by atoms with Crippen LogP contribution in [0.3, 0.4) is 0 Å². The van der Waals surface area contributed by atoms with Gasteiger partial charge in [-0.05, 0) is 61.7 Å². The number of hydrogen-bond donors (Lipinski definition) is 3. The summed E-state index contributed by atoms with van der Waals surface area (Å²) in [6.07, 6.45) is -0.452. The second kappa shape index (κ2) is 11.7. The van der Waals surface area contributed by atoms with Crippen molar-refractivity contribution in [2.24, 2.45) is 0 Å². The van der Waals surface area contributed by atoms with Crippen LogP contribution in [-0.4, -0.2) is 17.7 Å². The van der Waals surface area contributed by atoms with Crippen LogP contribution in [0, 0.1) is 0 Å². The molecule has 0 aliphatic carbocycles. The number of urea groups is 1. The van der Waals surface area contributed by atoms with Gasteiger partial charge in [0.1, 0.15) is 17.1 Å². The maximum atomic E-state index is 12.2. The number of para-hydroxylation sites is 1. The minimum atomic E-state index is -0.529. The SMILES string of the molecule is CC(C)(C)OC(=O)NCc1ccc(CNC(=O)NCc2cccc(Oc3ccccc3)c2)cc1. The number of carbonyl (C=O) groups is 2. The molecule has 0 heterocycles. The van der Waals surface area contributed by atoms with Crippen molar-refractivity contribution in [2.45, 2.75) is 46.0 Å². The Bertz CT molecular complexity index is 1080. The normalized spacial score (nSPS) is 10.8. The van der Waals surface area contributed by atoms with E-state index >= 15 is 0 Å². The number of amides is 3. The zero-order valence-electron chi connectivity index (χ0n) is 19.8. The van der Waals surface area contributed by atoms with E-state index in [1.807, 2.05) is 99.6 Å². The van der Waals surface area contributed by atoms with Crippen LogP contribution >= 0.6 is 0 Å². The Kier molecular flexibility index (Phi) is 8.51. The fourth-order valence-electron chi connectivity index (χ4n) is 3.03. The highest BCUT2D eigenvalue weighted by atomic mass is 16.6. The van der Waals surface area contributed by atoms with E-state index in [4.69, 9.17) is 9.47 Å². The summed E-state index contributed by atoms with van der Waals surface area (Å²) in [5.74, 6) is 1.48. The van der Waals surface area contributed by atoms with Crippen LogP contribution in [0.15, 0.2) is 78.9 Å². The largest absolute Gasteiger partial charge is 0.457 e. The molecular formula is C27H31N3O4. The van der Waals surface area contributed by atoms with Gasteiger partial charge in [0, 0.05) is 19.6 Å². The highest BCUT2D eigenvalue weighted by Crippen LogP contribution is 2.21. The second-order valence-electron chi connectivity index (χ2n) is 8.77. The molecule has 0 saturated heterocycles. The van der Waals surface area contributed by atoms with Crippen molar-refractivity contribution in [1.82, 2.24) is 16.0 Å². The van der Waals surface area contributed by atoms with Crippen LogP contribution in [0.2, 0.25) is 0 Å². The number of benzene rings is 3. The lowest BCUT2D eigenvalue weighted by atomic mass is 10.1. The van der Waals surface area contributed by atoms with Crippen LogP contribution in [-0.2, 0) is 24.4 Å². The molecule has 0 bridgehead atoms. The molecule has 7 nitrogen and oxygen atoms in total. The van der Waals surface area contributed by atoms with E-state index in [9.17, 15) is 9.59 Å². The second-order valence-corrected chi connectivity index (χ2v) is 8.77. The predicted octanol–water partition coefficient (Wildman–Crippen LogP) is 5.50. The van der Waals surface area contributed by atoms with Gasteiger partial charge in [-0.15, -0.1) is 0 Å². The van der Waals surface area contributed by atoms with E-state index in [-0.39, 0.29) is 6.03 Å². The molecule has 0 radical (unpaired) electrons. The molecule has 0 aliphatic heterocycles. The van der Waals surface area contributed by atoms with Gasteiger partial charge in [-0.25, -0.2) is 9.59 Å². The van der Waals surface area contributed by atoms with Crippen LogP contribution in [0.4, 0.5) is 9.59 Å². The minimum absolute atomic E-state index is 0.259. The summed E-state index contributed by atoms with van der Waals surface area (Å²) in [4.78, 5) is 24.0. The fraction of sp³-hybridized carbons (Fsp3) is 0.259. The quantitative estimate of drug-likeness (QED) is 0.413. The topological polar surface area (TPSA) is 88.7 Å². The third-order valence-electron chi connectivity index (χ3n) is 4.64. The van der Waals surface area contributed by atoms with E-state index in [0.717, 1.165) is 22.4 Å². The fourth-order valence-corrected chi connectivity index (χ4v) is 3.03. The van der Waals surface area contributed by atoms with E-state index < -0.39 is 11.7 Å². The average Bonchev–Trinajstić information content (AvgIpc) is 2.80. The lowest BCUT2D eigenvalue weighted by Gasteiger charge is -2.19. The Morgan fingerprint density at radius 2 is 1.24 bits per heavy atom. The smallest absolute Gasteiger partial charge is 0.407 e. The first-order chi connectivity index (χ1) is 16.3. The predicted molar refractivity (Wildman–Crippen MR) is 132 cm³/mol. The summed E-state index contributed by atoms with van der Waals surface area (Å²) in [6, 6.07) is 24.5. The molecule has 3 aromatic carbocycles. The molecule has 34 heavy (non-hydrogen) atoms. The minimum Gasteiger partial charge on any atom is -0.457 e. The maximum Gasteiger partial charge on any atom is 0.407 e. The van der Waals surface area contributed by atoms with Crippen molar-refractivity contribution >= 4 is 12.1 Å². The Balaban J connectivity index is 1.39. The summed E-state index contributed by atoms with van der Waals surface area (Å²) in [5, 5.41) is 8.43. The molecule has 3 aromatic rings. The van der Waals surface area contributed by atoms with Crippen molar-refractivity contribution in [2.75, 3.05) is 0 Å². The van der Waals surface area contributed by atoms with E-state index in [2.05, 4.69) is 16.0 Å². The first-order valence-electron chi connectivity index (χ1n) is 11.1. The van der Waals surface area contributed by atoms with Crippen molar-refractivity contribution < 1.29 is 19.1 Å². The first-order valence-corrected chi connectivity index (χ1v) is 11.1. The van der Waals surface area contributed by atoms with Gasteiger partial charge < -0.3 is 25.4 Å². The Labute approximate surface area is 200 Å². The molecule has 0 aromatic heterocycles. The lowest BCUT2D eigenvalue weighted by Crippen LogP contribution is -2.34. The lowest BCUT2D eigenvalue weighted by molar-refractivity contribution is 0.0523. The van der Waals surface area contributed by atoms with E-state index in [0.29, 0.717) is 25.4 Å². The zero-order chi connectivity index (χ0) is 24.4. The maximum absolute atomic E-state index is 12.2. The van der Waals surface area contributed by atoms with E-state index in [1.54, 1.807) is 0 Å². The molecule has 7 heteroatoms. The molecule has 0 spiro atoms. The van der Waals surface area contributed by atoms with Crippen LogP contribution < -0.4 is 20.7 Å². The molecule has 3 amide bonds. The molecule has 0 atom stereocenters. The molecule has 0 unspecified atom stereocenters. The molecule has 3 rings (SSSR count). The Morgan fingerprint density at radius 1 is 0.676 bits per heavy atom. The highest BCUT2D eigenvalue weighted by Gasteiger charge is 2.15. The Morgan fingerprint density at radius 3 is 1.85 bits per heavy atom. The van der Waals surface area contributed by atoms with Crippen molar-refractivity contribution in [3.05, 3.63) is 95.6 Å². The van der Waals surface area contributed by atoms with Crippen molar-refractivity contribution in [1.29, 1.82) is 0 Å². The summed E-state index contributed by atoms with van der Waals surface area (Å²) < 4.78 is 11.1. The molecule has 0 aliphatic rings. The average molecular weight is 462 g/mol. The number of hydrogen-bond acceptors (Lipinski definition) is 4. The van der Waals surface area contributed by atoms with Gasteiger partial charge in [-0.2, -0.15) is 0 Å². The van der Waals surface area contributed by atoms with Crippen LogP contribution in [0.25, 0.3) is 0 Å².